The van der Waals surface area contributed by atoms with Crippen molar-refractivity contribution in [2.75, 3.05) is 6.61 Å². The summed E-state index contributed by atoms with van der Waals surface area (Å²) in [4.78, 5) is 11.7. The number of fused-ring (bicyclic) bond motifs is 2. The maximum absolute atomic E-state index is 11.7. The first kappa shape index (κ1) is 9.68. The Balaban J connectivity index is 1.68. The Morgan fingerprint density at radius 2 is 2.20 bits per heavy atom. The van der Waals surface area contributed by atoms with Crippen LogP contribution in [0, 0.1) is 29.1 Å². The van der Waals surface area contributed by atoms with E-state index in [1.54, 1.807) is 0 Å². The first-order valence-corrected chi connectivity index (χ1v) is 6.35. The second-order valence-corrected chi connectivity index (χ2v) is 5.79. The summed E-state index contributed by atoms with van der Waals surface area (Å²) in [6.45, 7) is 4.80. The Kier molecular flexibility index (Phi) is 1.93. The van der Waals surface area contributed by atoms with E-state index in [0.29, 0.717) is 12.0 Å². The van der Waals surface area contributed by atoms with Crippen molar-refractivity contribution in [1.82, 2.24) is 0 Å². The molecule has 84 valence electrons. The highest BCUT2D eigenvalue weighted by molar-refractivity contribution is 5.77. The molecule has 1 spiro atoms. The summed E-state index contributed by atoms with van der Waals surface area (Å²) < 4.78 is 5.14. The van der Waals surface area contributed by atoms with Crippen molar-refractivity contribution in [3.05, 3.63) is 0 Å². The van der Waals surface area contributed by atoms with Crippen molar-refractivity contribution in [3.63, 3.8) is 0 Å². The highest BCUT2D eigenvalue weighted by Gasteiger charge is 2.72. The number of ether oxygens (including phenoxy) is 1. The van der Waals surface area contributed by atoms with Crippen molar-refractivity contribution >= 4 is 5.97 Å². The Bertz CT molecular complexity index is 293. The molecule has 3 rings (SSSR count). The lowest BCUT2D eigenvalue weighted by Gasteiger charge is -2.44. The SMILES string of the molecule is CCOC(=O)C1CC12CC1CCC(C)C12. The first-order chi connectivity index (χ1) is 7.19. The van der Waals surface area contributed by atoms with Gasteiger partial charge in [-0.25, -0.2) is 0 Å². The van der Waals surface area contributed by atoms with Crippen LogP contribution in [0.2, 0.25) is 0 Å². The van der Waals surface area contributed by atoms with E-state index in [1.165, 1.54) is 19.3 Å². The van der Waals surface area contributed by atoms with Crippen LogP contribution in [-0.2, 0) is 9.53 Å². The van der Waals surface area contributed by atoms with Gasteiger partial charge in [-0.15, -0.1) is 0 Å². The summed E-state index contributed by atoms with van der Waals surface area (Å²) in [7, 11) is 0. The molecular weight excluding hydrogens is 188 g/mol. The number of esters is 1. The van der Waals surface area contributed by atoms with E-state index in [2.05, 4.69) is 6.92 Å². The molecule has 0 bridgehead atoms. The van der Waals surface area contributed by atoms with Gasteiger partial charge in [0, 0.05) is 0 Å². The largest absolute Gasteiger partial charge is 0.466 e. The Labute approximate surface area is 91.4 Å². The highest BCUT2D eigenvalue weighted by Crippen LogP contribution is 2.76. The van der Waals surface area contributed by atoms with Crippen LogP contribution in [0.25, 0.3) is 0 Å². The third kappa shape index (κ3) is 1.14. The molecule has 2 nitrogen and oxygen atoms in total. The standard InChI is InChI=1S/C13H20O2/c1-3-15-12(14)10-7-13(10)6-9-5-4-8(2)11(9)13/h8-11H,3-7H2,1-2H3. The molecule has 0 aliphatic heterocycles. The molecule has 3 fully saturated rings. The average molecular weight is 208 g/mol. The van der Waals surface area contributed by atoms with Crippen molar-refractivity contribution in [1.29, 1.82) is 0 Å². The number of hydrogen-bond donors (Lipinski definition) is 0. The fraction of sp³-hybridized carbons (Fsp3) is 0.923. The Morgan fingerprint density at radius 3 is 2.87 bits per heavy atom. The van der Waals surface area contributed by atoms with Crippen LogP contribution < -0.4 is 0 Å². The van der Waals surface area contributed by atoms with Gasteiger partial charge in [0.2, 0.25) is 0 Å². The van der Waals surface area contributed by atoms with Crippen LogP contribution in [-0.4, -0.2) is 12.6 Å². The fourth-order valence-corrected chi connectivity index (χ4v) is 4.51. The summed E-state index contributed by atoms with van der Waals surface area (Å²) in [6, 6.07) is 0. The molecule has 5 unspecified atom stereocenters. The number of carbonyl (C=O) groups excluding carboxylic acids is 1. The number of hydrogen-bond acceptors (Lipinski definition) is 2. The predicted octanol–water partition coefficient (Wildman–Crippen LogP) is 2.62. The molecule has 0 aromatic heterocycles. The van der Waals surface area contributed by atoms with Crippen molar-refractivity contribution in [2.24, 2.45) is 29.1 Å². The molecule has 2 heteroatoms. The predicted molar refractivity (Wildman–Crippen MR) is 57.2 cm³/mol. The number of carbonyl (C=O) groups is 1. The lowest BCUT2D eigenvalue weighted by Crippen LogP contribution is -2.40. The topological polar surface area (TPSA) is 26.3 Å². The van der Waals surface area contributed by atoms with E-state index in [4.69, 9.17) is 4.74 Å². The number of rotatable bonds is 2. The van der Waals surface area contributed by atoms with Gasteiger partial charge in [0.05, 0.1) is 12.5 Å². The molecule has 0 radical (unpaired) electrons. The molecule has 0 amide bonds. The molecule has 0 N–H and O–H groups in total. The van der Waals surface area contributed by atoms with E-state index in [1.807, 2.05) is 6.92 Å². The summed E-state index contributed by atoms with van der Waals surface area (Å²) in [5, 5.41) is 0. The van der Waals surface area contributed by atoms with Crippen LogP contribution in [0.5, 0.6) is 0 Å². The normalized spacial score (nSPS) is 51.1. The van der Waals surface area contributed by atoms with Gasteiger partial charge < -0.3 is 4.74 Å². The molecule has 3 aliphatic carbocycles. The van der Waals surface area contributed by atoms with Crippen molar-refractivity contribution in [3.8, 4) is 0 Å². The summed E-state index contributed by atoms with van der Waals surface area (Å²) in [5.41, 5.74) is 0.410. The van der Waals surface area contributed by atoms with Crippen molar-refractivity contribution in [2.45, 2.75) is 39.5 Å². The molecule has 5 atom stereocenters. The minimum absolute atomic E-state index is 0.0788. The lowest BCUT2D eigenvalue weighted by atomic mass is 9.60. The minimum atomic E-state index is 0.0788. The first-order valence-electron chi connectivity index (χ1n) is 6.35. The average Bonchev–Trinajstić information content (AvgIpc) is 2.83. The van der Waals surface area contributed by atoms with Gasteiger partial charge in [0.1, 0.15) is 0 Å². The molecular formula is C13H20O2. The van der Waals surface area contributed by atoms with E-state index in [0.717, 1.165) is 24.2 Å². The molecule has 0 saturated heterocycles. The smallest absolute Gasteiger partial charge is 0.309 e. The molecule has 0 aromatic rings. The zero-order valence-corrected chi connectivity index (χ0v) is 9.66. The zero-order chi connectivity index (χ0) is 10.6. The zero-order valence-electron chi connectivity index (χ0n) is 9.66. The van der Waals surface area contributed by atoms with Gasteiger partial charge >= 0.3 is 5.97 Å². The van der Waals surface area contributed by atoms with Crippen LogP contribution >= 0.6 is 0 Å². The van der Waals surface area contributed by atoms with Crippen molar-refractivity contribution < 1.29 is 9.53 Å². The van der Waals surface area contributed by atoms with Gasteiger partial charge in [-0.05, 0) is 49.4 Å². The fourth-order valence-electron chi connectivity index (χ4n) is 4.51. The van der Waals surface area contributed by atoms with Gasteiger partial charge in [-0.1, -0.05) is 13.3 Å². The molecule has 3 aliphatic rings. The van der Waals surface area contributed by atoms with Gasteiger partial charge in [-0.2, -0.15) is 0 Å². The van der Waals surface area contributed by atoms with Crippen LogP contribution in [0.1, 0.15) is 39.5 Å². The molecule has 15 heavy (non-hydrogen) atoms. The quantitative estimate of drug-likeness (QED) is 0.652. The Morgan fingerprint density at radius 1 is 1.40 bits per heavy atom. The molecule has 3 saturated carbocycles. The summed E-state index contributed by atoms with van der Waals surface area (Å²) >= 11 is 0. The third-order valence-corrected chi connectivity index (χ3v) is 5.11. The van der Waals surface area contributed by atoms with Crippen LogP contribution in [0.4, 0.5) is 0 Å². The third-order valence-electron chi connectivity index (χ3n) is 5.11. The highest BCUT2D eigenvalue weighted by atomic mass is 16.5. The van der Waals surface area contributed by atoms with E-state index in [9.17, 15) is 4.79 Å². The minimum Gasteiger partial charge on any atom is -0.466 e. The maximum Gasteiger partial charge on any atom is 0.309 e. The lowest BCUT2D eigenvalue weighted by molar-refractivity contribution is -0.147. The van der Waals surface area contributed by atoms with Crippen LogP contribution in [0.3, 0.4) is 0 Å². The summed E-state index contributed by atoms with van der Waals surface area (Å²) in [5.74, 6) is 2.99. The molecule has 0 aromatic carbocycles. The molecule has 0 heterocycles. The second kappa shape index (κ2) is 2.99. The second-order valence-electron chi connectivity index (χ2n) is 5.79. The van der Waals surface area contributed by atoms with Gasteiger partial charge in [0.15, 0.2) is 0 Å². The monoisotopic (exact) mass is 208 g/mol. The van der Waals surface area contributed by atoms with E-state index < -0.39 is 0 Å². The summed E-state index contributed by atoms with van der Waals surface area (Å²) in [6.07, 6.45) is 5.22. The van der Waals surface area contributed by atoms with Gasteiger partial charge in [-0.3, -0.25) is 4.79 Å². The Hall–Kier alpha value is -0.530. The van der Waals surface area contributed by atoms with Crippen LogP contribution in [0.15, 0.2) is 0 Å². The van der Waals surface area contributed by atoms with E-state index in [-0.39, 0.29) is 11.9 Å². The maximum atomic E-state index is 11.7. The van der Waals surface area contributed by atoms with E-state index >= 15 is 0 Å². The van der Waals surface area contributed by atoms with Gasteiger partial charge in [0.25, 0.3) is 0 Å².